The number of carboxylic acids is 1. The van der Waals surface area contributed by atoms with E-state index >= 15 is 0 Å². The van der Waals surface area contributed by atoms with E-state index in [9.17, 15) is 19.5 Å². The summed E-state index contributed by atoms with van der Waals surface area (Å²) in [6, 6.07) is -1.62. The first-order valence-corrected chi connectivity index (χ1v) is 7.43. The molecule has 2 fully saturated rings. The Hall–Kier alpha value is -1.47. The maximum Gasteiger partial charge on any atom is 0.323 e. The number of carboxylic acid groups (broad SMARTS) is 1. The van der Waals surface area contributed by atoms with Crippen molar-refractivity contribution in [2.75, 3.05) is 19.8 Å². The summed E-state index contributed by atoms with van der Waals surface area (Å²) in [5.74, 6) is -1.48. The number of ether oxygens (including phenoxy) is 1. The van der Waals surface area contributed by atoms with E-state index in [2.05, 4.69) is 0 Å². The molecule has 2 saturated heterocycles. The summed E-state index contributed by atoms with van der Waals surface area (Å²) >= 11 is 0. The van der Waals surface area contributed by atoms with Crippen LogP contribution < -0.4 is 0 Å². The molecule has 2 rings (SSSR count). The highest BCUT2D eigenvalue weighted by Gasteiger charge is 2.47. The first kappa shape index (κ1) is 15.9. The van der Waals surface area contributed by atoms with Crippen molar-refractivity contribution in [2.24, 2.45) is 0 Å². The summed E-state index contributed by atoms with van der Waals surface area (Å²) in [5.41, 5.74) is 0. The first-order valence-electron chi connectivity index (χ1n) is 7.43. The number of aliphatic carboxylic acids is 1. The van der Waals surface area contributed by atoms with Crippen LogP contribution in [0.1, 0.15) is 33.1 Å². The van der Waals surface area contributed by atoms with Crippen molar-refractivity contribution in [2.45, 2.75) is 51.2 Å². The van der Waals surface area contributed by atoms with Crippen LogP contribution in [0.15, 0.2) is 0 Å². The number of hydrogen-bond donors (Lipinski definition) is 1. The minimum atomic E-state index is -1.02. The Balaban J connectivity index is 2.19. The third kappa shape index (κ3) is 2.94. The monoisotopic (exact) mass is 298 g/mol. The van der Waals surface area contributed by atoms with Gasteiger partial charge in [0.15, 0.2) is 0 Å². The Morgan fingerprint density at radius 3 is 2.62 bits per heavy atom. The molecule has 0 aromatic heterocycles. The van der Waals surface area contributed by atoms with Gasteiger partial charge in [0, 0.05) is 12.6 Å². The summed E-state index contributed by atoms with van der Waals surface area (Å²) in [6.45, 7) is 4.68. The minimum absolute atomic E-state index is 0.0539. The fourth-order valence-electron chi connectivity index (χ4n) is 3.13. The smallest absolute Gasteiger partial charge is 0.323 e. The van der Waals surface area contributed by atoms with Crippen LogP contribution in [0, 0.1) is 0 Å². The van der Waals surface area contributed by atoms with Gasteiger partial charge in [-0.25, -0.2) is 0 Å². The van der Waals surface area contributed by atoms with Crippen molar-refractivity contribution < 1.29 is 24.2 Å². The number of carbonyl (C=O) groups excluding carboxylic acids is 2. The van der Waals surface area contributed by atoms with Gasteiger partial charge in [0.05, 0.1) is 25.7 Å². The van der Waals surface area contributed by atoms with E-state index in [-0.39, 0.29) is 30.9 Å². The molecule has 1 N–H and O–H groups in total. The largest absolute Gasteiger partial charge is 0.480 e. The molecule has 2 unspecified atom stereocenters. The van der Waals surface area contributed by atoms with Crippen molar-refractivity contribution in [1.29, 1.82) is 0 Å². The van der Waals surface area contributed by atoms with Gasteiger partial charge in [-0.15, -0.1) is 0 Å². The Morgan fingerprint density at radius 1 is 1.38 bits per heavy atom. The minimum Gasteiger partial charge on any atom is -0.480 e. The molecular formula is C14H22N2O5. The molecule has 2 amide bonds. The predicted molar refractivity (Wildman–Crippen MR) is 73.6 cm³/mol. The van der Waals surface area contributed by atoms with Crippen molar-refractivity contribution in [3.63, 3.8) is 0 Å². The average Bonchev–Trinajstić information content (AvgIpc) is 2.77. The molecule has 0 aromatic rings. The summed E-state index contributed by atoms with van der Waals surface area (Å²) < 4.78 is 5.18. The van der Waals surface area contributed by atoms with Crippen molar-refractivity contribution in [1.82, 2.24) is 9.80 Å². The van der Waals surface area contributed by atoms with E-state index in [1.54, 1.807) is 4.90 Å². The molecule has 0 spiro atoms. The van der Waals surface area contributed by atoms with E-state index in [1.807, 2.05) is 13.8 Å². The standard InChI is InChI=1S/C14H22N2O5/c1-3-9(4-2)16-12(17)7-10(13(16)18)15-5-6-21-8-11(15)14(19)20/h9-11H,3-8H2,1-2H3,(H,19,20). The molecule has 118 valence electrons. The number of imide groups is 1. The quantitative estimate of drug-likeness (QED) is 0.724. The lowest BCUT2D eigenvalue weighted by Gasteiger charge is -2.36. The number of nitrogens with zero attached hydrogens (tertiary/aromatic N) is 2. The van der Waals surface area contributed by atoms with Gasteiger partial charge in [0.25, 0.3) is 0 Å². The van der Waals surface area contributed by atoms with Crippen LogP contribution in [0.2, 0.25) is 0 Å². The molecule has 2 aliphatic rings. The molecule has 0 bridgehead atoms. The van der Waals surface area contributed by atoms with Crippen LogP contribution in [0.3, 0.4) is 0 Å². The number of morpholine rings is 1. The Bertz CT molecular complexity index is 435. The summed E-state index contributed by atoms with van der Waals surface area (Å²) in [6.07, 6.45) is 1.50. The van der Waals surface area contributed by atoms with E-state index in [4.69, 9.17) is 4.74 Å². The molecule has 0 aliphatic carbocycles. The lowest BCUT2D eigenvalue weighted by atomic mass is 10.1. The third-order valence-corrected chi connectivity index (χ3v) is 4.32. The van der Waals surface area contributed by atoms with Crippen molar-refractivity contribution >= 4 is 17.8 Å². The van der Waals surface area contributed by atoms with Gasteiger partial charge >= 0.3 is 5.97 Å². The number of rotatable bonds is 5. The SMILES string of the molecule is CCC(CC)N1C(=O)CC(N2CCOCC2C(=O)O)C1=O. The fourth-order valence-corrected chi connectivity index (χ4v) is 3.13. The van der Waals surface area contributed by atoms with Gasteiger partial charge in [-0.1, -0.05) is 13.8 Å². The second-order valence-corrected chi connectivity index (χ2v) is 5.46. The van der Waals surface area contributed by atoms with Gasteiger partial charge in [0.1, 0.15) is 6.04 Å². The third-order valence-electron chi connectivity index (χ3n) is 4.32. The summed E-state index contributed by atoms with van der Waals surface area (Å²) in [4.78, 5) is 39.0. The zero-order valence-electron chi connectivity index (χ0n) is 12.4. The van der Waals surface area contributed by atoms with Crippen molar-refractivity contribution in [3.05, 3.63) is 0 Å². The molecule has 0 saturated carbocycles. The van der Waals surface area contributed by atoms with E-state index in [0.717, 1.165) is 0 Å². The lowest BCUT2D eigenvalue weighted by Crippen LogP contribution is -2.56. The predicted octanol–water partition coefficient (Wildman–Crippen LogP) is 0.0879. The second kappa shape index (κ2) is 6.53. The molecule has 2 heterocycles. The molecule has 2 aliphatic heterocycles. The first-order chi connectivity index (χ1) is 10.0. The molecule has 7 nitrogen and oxygen atoms in total. The maximum absolute atomic E-state index is 12.6. The van der Waals surface area contributed by atoms with Gasteiger partial charge in [0.2, 0.25) is 11.8 Å². The molecule has 2 atom stereocenters. The normalized spacial score (nSPS) is 27.7. The van der Waals surface area contributed by atoms with E-state index in [1.165, 1.54) is 4.90 Å². The number of likely N-dealkylation sites (tertiary alicyclic amines) is 1. The molecule has 0 aromatic carbocycles. The van der Waals surface area contributed by atoms with E-state index in [0.29, 0.717) is 26.0 Å². The van der Waals surface area contributed by atoms with Gasteiger partial charge in [-0.3, -0.25) is 24.2 Å². The lowest BCUT2D eigenvalue weighted by molar-refractivity contribution is -0.154. The van der Waals surface area contributed by atoms with Crippen LogP contribution in [-0.4, -0.2) is 70.6 Å². The molecule has 7 heteroatoms. The Morgan fingerprint density at radius 2 is 2.05 bits per heavy atom. The molecular weight excluding hydrogens is 276 g/mol. The van der Waals surface area contributed by atoms with Crippen LogP contribution in [0.4, 0.5) is 0 Å². The maximum atomic E-state index is 12.6. The molecule has 21 heavy (non-hydrogen) atoms. The highest BCUT2D eigenvalue weighted by atomic mass is 16.5. The Kier molecular flexibility index (Phi) is 4.95. The zero-order chi connectivity index (χ0) is 15.6. The Labute approximate surface area is 123 Å². The summed E-state index contributed by atoms with van der Waals surface area (Å²) in [7, 11) is 0. The summed E-state index contributed by atoms with van der Waals surface area (Å²) in [5, 5.41) is 9.26. The average molecular weight is 298 g/mol. The van der Waals surface area contributed by atoms with Gasteiger partial charge in [-0.2, -0.15) is 0 Å². The van der Waals surface area contributed by atoms with E-state index < -0.39 is 18.1 Å². The van der Waals surface area contributed by atoms with Crippen LogP contribution >= 0.6 is 0 Å². The number of hydrogen-bond acceptors (Lipinski definition) is 5. The topological polar surface area (TPSA) is 87.2 Å². The van der Waals surface area contributed by atoms with Crippen LogP contribution in [0.5, 0.6) is 0 Å². The number of carbonyl (C=O) groups is 3. The van der Waals surface area contributed by atoms with Crippen LogP contribution in [-0.2, 0) is 19.1 Å². The highest BCUT2D eigenvalue weighted by molar-refractivity contribution is 6.06. The van der Waals surface area contributed by atoms with Crippen LogP contribution in [0.25, 0.3) is 0 Å². The van der Waals surface area contributed by atoms with Gasteiger partial charge < -0.3 is 9.84 Å². The zero-order valence-corrected chi connectivity index (χ0v) is 12.4. The fraction of sp³-hybridized carbons (Fsp3) is 0.786. The molecule has 0 radical (unpaired) electrons. The van der Waals surface area contributed by atoms with Gasteiger partial charge in [-0.05, 0) is 12.8 Å². The second-order valence-electron chi connectivity index (χ2n) is 5.46. The number of amides is 2. The highest BCUT2D eigenvalue weighted by Crippen LogP contribution is 2.26. The van der Waals surface area contributed by atoms with Crippen molar-refractivity contribution in [3.8, 4) is 0 Å².